The first-order chi connectivity index (χ1) is 11.5. The molecule has 1 N–H and O–H groups in total. The van der Waals surface area contributed by atoms with Crippen LogP contribution in [0.2, 0.25) is 0 Å². The molecule has 0 aliphatic carbocycles. The molecule has 1 aromatic carbocycles. The fourth-order valence-corrected chi connectivity index (χ4v) is 2.90. The maximum Gasteiger partial charge on any atom is 0.416 e. The molecule has 1 heterocycles. The molecule has 0 unspecified atom stereocenters. The van der Waals surface area contributed by atoms with Crippen molar-refractivity contribution >= 4 is 0 Å². The van der Waals surface area contributed by atoms with Gasteiger partial charge in [0.15, 0.2) is 6.19 Å². The zero-order valence-corrected chi connectivity index (χ0v) is 13.4. The van der Waals surface area contributed by atoms with Crippen LogP contribution in [0.3, 0.4) is 0 Å². The highest BCUT2D eigenvalue weighted by molar-refractivity contribution is 5.34. The van der Waals surface area contributed by atoms with Crippen LogP contribution in [0.1, 0.15) is 36.5 Å². The van der Waals surface area contributed by atoms with E-state index in [4.69, 9.17) is 0 Å². The van der Waals surface area contributed by atoms with E-state index in [0.29, 0.717) is 25.1 Å². The number of benzene rings is 1. The van der Waals surface area contributed by atoms with Gasteiger partial charge in [-0.2, -0.15) is 31.6 Å². The van der Waals surface area contributed by atoms with Gasteiger partial charge in [-0.25, -0.2) is 0 Å². The molecule has 0 aromatic heterocycles. The summed E-state index contributed by atoms with van der Waals surface area (Å²) in [6.45, 7) is 2.13. The molecule has 2 rings (SSSR count). The van der Waals surface area contributed by atoms with Gasteiger partial charge in [-0.15, -0.1) is 0 Å². The molecular weight excluding hydrogens is 348 g/mol. The van der Waals surface area contributed by atoms with Crippen molar-refractivity contribution in [3.05, 3.63) is 34.9 Å². The van der Waals surface area contributed by atoms with Gasteiger partial charge < -0.3 is 10.2 Å². The second kappa shape index (κ2) is 7.12. The van der Waals surface area contributed by atoms with E-state index < -0.39 is 23.5 Å². The Hall–Kier alpha value is -1.95. The number of rotatable bonds is 4. The lowest BCUT2D eigenvalue weighted by atomic mass is 10.0. The predicted molar refractivity (Wildman–Crippen MR) is 78.1 cm³/mol. The lowest BCUT2D eigenvalue weighted by molar-refractivity contribution is -0.143. The molecule has 0 spiro atoms. The Morgan fingerprint density at radius 1 is 1.12 bits per heavy atom. The van der Waals surface area contributed by atoms with E-state index in [1.54, 1.807) is 0 Å². The van der Waals surface area contributed by atoms with Crippen LogP contribution in [0.5, 0.6) is 0 Å². The molecule has 0 bridgehead atoms. The van der Waals surface area contributed by atoms with Crippen molar-refractivity contribution < 1.29 is 26.3 Å². The van der Waals surface area contributed by atoms with E-state index >= 15 is 0 Å². The van der Waals surface area contributed by atoms with E-state index in [2.05, 4.69) is 5.32 Å². The quantitative estimate of drug-likeness (QED) is 0.495. The van der Waals surface area contributed by atoms with Gasteiger partial charge in [0.25, 0.3) is 0 Å². The average molecular weight is 365 g/mol. The van der Waals surface area contributed by atoms with E-state index in [0.717, 1.165) is 6.42 Å². The first-order valence-electron chi connectivity index (χ1n) is 7.72. The summed E-state index contributed by atoms with van der Waals surface area (Å²) >= 11 is 0. The molecule has 2 atom stereocenters. The van der Waals surface area contributed by atoms with E-state index in [1.807, 2.05) is 13.1 Å². The number of alkyl halides is 6. The smallest absolute Gasteiger partial charge is 0.312 e. The number of hydrogen-bond donors (Lipinski definition) is 1. The summed E-state index contributed by atoms with van der Waals surface area (Å²) in [5.41, 5.74) is -2.93. The van der Waals surface area contributed by atoms with Crippen molar-refractivity contribution in [1.29, 1.82) is 5.26 Å². The van der Waals surface area contributed by atoms with Gasteiger partial charge in [0.2, 0.25) is 0 Å². The summed E-state index contributed by atoms with van der Waals surface area (Å²) in [6.07, 6.45) is -6.45. The van der Waals surface area contributed by atoms with Crippen molar-refractivity contribution in [2.45, 2.75) is 50.7 Å². The highest BCUT2D eigenvalue weighted by Gasteiger charge is 2.37. The van der Waals surface area contributed by atoms with E-state index in [-0.39, 0.29) is 30.3 Å². The van der Waals surface area contributed by atoms with Gasteiger partial charge in [-0.1, -0.05) is 6.92 Å². The van der Waals surface area contributed by atoms with Crippen LogP contribution >= 0.6 is 0 Å². The third-order valence-corrected chi connectivity index (χ3v) is 4.26. The van der Waals surface area contributed by atoms with Crippen molar-refractivity contribution in [1.82, 2.24) is 10.2 Å². The van der Waals surface area contributed by atoms with Crippen LogP contribution in [0.25, 0.3) is 0 Å². The van der Waals surface area contributed by atoms with Crippen LogP contribution < -0.4 is 5.32 Å². The van der Waals surface area contributed by atoms with Gasteiger partial charge in [0.1, 0.15) is 0 Å². The third-order valence-electron chi connectivity index (χ3n) is 4.26. The van der Waals surface area contributed by atoms with Crippen LogP contribution in [0, 0.1) is 11.5 Å². The summed E-state index contributed by atoms with van der Waals surface area (Å²) in [6, 6.07) is 1.36. The lowest BCUT2D eigenvalue weighted by Gasteiger charge is -2.23. The molecule has 1 fully saturated rings. The molecule has 1 aliphatic heterocycles. The third kappa shape index (κ3) is 4.78. The number of hydrogen-bond acceptors (Lipinski definition) is 3. The molecular formula is C16H17F6N3. The topological polar surface area (TPSA) is 39.1 Å². The Labute approximate surface area is 141 Å². The molecule has 138 valence electrons. The predicted octanol–water partition coefficient (Wildman–Crippen LogP) is 4.15. The zero-order chi connectivity index (χ0) is 18.8. The summed E-state index contributed by atoms with van der Waals surface area (Å²) in [4.78, 5) is 1.23. The van der Waals surface area contributed by atoms with Gasteiger partial charge >= 0.3 is 12.4 Å². The Morgan fingerprint density at radius 2 is 1.68 bits per heavy atom. The largest absolute Gasteiger partial charge is 0.416 e. The van der Waals surface area contributed by atoms with Gasteiger partial charge in [0, 0.05) is 12.6 Å². The standard InChI is InChI=1S/C16H17F6N3/c1-2-13-6-14(7-24-13)25(9-23)8-10-3-11(15(17,18)19)5-12(4-10)16(20,21)22/h3-5,13-14,24H,2,6-8H2,1H3/t13-,14+/m1/s1. The summed E-state index contributed by atoms with van der Waals surface area (Å²) in [5.74, 6) is 0. The molecule has 9 heteroatoms. The Balaban J connectivity index is 2.30. The molecule has 1 aliphatic rings. The normalized spacial score (nSPS) is 21.2. The van der Waals surface area contributed by atoms with Gasteiger partial charge in [-0.05, 0) is 36.6 Å². The molecule has 25 heavy (non-hydrogen) atoms. The molecule has 1 aromatic rings. The molecule has 3 nitrogen and oxygen atoms in total. The van der Waals surface area contributed by atoms with Crippen LogP contribution in [-0.2, 0) is 18.9 Å². The first-order valence-corrected chi connectivity index (χ1v) is 7.72. The fraction of sp³-hybridized carbons (Fsp3) is 0.562. The maximum atomic E-state index is 12.9. The van der Waals surface area contributed by atoms with Crippen LogP contribution in [-0.4, -0.2) is 23.5 Å². The first kappa shape index (κ1) is 19.4. The number of nitriles is 1. The number of nitrogens with one attached hydrogen (secondary N) is 1. The summed E-state index contributed by atoms with van der Waals surface area (Å²) in [5, 5.41) is 12.4. The second-order valence-electron chi connectivity index (χ2n) is 6.04. The van der Waals surface area contributed by atoms with Crippen molar-refractivity contribution in [3.8, 4) is 6.19 Å². The Kier molecular flexibility index (Phi) is 5.52. The minimum Gasteiger partial charge on any atom is -0.312 e. The highest BCUT2D eigenvalue weighted by atomic mass is 19.4. The van der Waals surface area contributed by atoms with Crippen LogP contribution in [0.4, 0.5) is 26.3 Å². The number of halogens is 6. The van der Waals surface area contributed by atoms with Gasteiger partial charge in [-0.3, -0.25) is 0 Å². The molecule has 1 saturated heterocycles. The summed E-state index contributed by atoms with van der Waals surface area (Å²) < 4.78 is 77.4. The Bertz CT molecular complexity index is 614. The van der Waals surface area contributed by atoms with Gasteiger partial charge in [0.05, 0.1) is 23.7 Å². The Morgan fingerprint density at radius 3 is 2.08 bits per heavy atom. The SMILES string of the molecule is CC[C@@H]1C[C@H](N(C#N)Cc2cc(C(F)(F)F)cc(C(F)(F)F)c2)CN1. The fourth-order valence-electron chi connectivity index (χ4n) is 2.90. The minimum atomic E-state index is -4.89. The maximum absolute atomic E-state index is 12.9. The molecule has 0 amide bonds. The highest BCUT2D eigenvalue weighted by Crippen LogP contribution is 2.36. The van der Waals surface area contributed by atoms with Crippen molar-refractivity contribution in [3.63, 3.8) is 0 Å². The second-order valence-corrected chi connectivity index (χ2v) is 6.04. The zero-order valence-electron chi connectivity index (χ0n) is 13.4. The van der Waals surface area contributed by atoms with Crippen LogP contribution in [0.15, 0.2) is 18.2 Å². The number of nitrogens with zero attached hydrogens (tertiary/aromatic N) is 2. The lowest BCUT2D eigenvalue weighted by Crippen LogP contribution is -2.32. The molecule has 0 radical (unpaired) electrons. The van der Waals surface area contributed by atoms with E-state index in [9.17, 15) is 31.6 Å². The van der Waals surface area contributed by atoms with Crippen molar-refractivity contribution in [2.75, 3.05) is 6.54 Å². The monoisotopic (exact) mass is 365 g/mol. The molecule has 0 saturated carbocycles. The summed E-state index contributed by atoms with van der Waals surface area (Å²) in [7, 11) is 0. The minimum absolute atomic E-state index is 0.0878. The van der Waals surface area contributed by atoms with E-state index in [1.165, 1.54) is 4.90 Å². The van der Waals surface area contributed by atoms with Crippen molar-refractivity contribution in [2.24, 2.45) is 0 Å². The average Bonchev–Trinajstić information content (AvgIpc) is 2.99.